The molecule has 1 amide bonds. The van der Waals surface area contributed by atoms with Crippen LogP contribution in [-0.2, 0) is 11.0 Å². The van der Waals surface area contributed by atoms with Crippen LogP contribution in [0.2, 0.25) is 0 Å². The first-order valence-electron chi connectivity index (χ1n) is 10.4. The molecule has 0 spiro atoms. The molecule has 3 aromatic carbocycles. The van der Waals surface area contributed by atoms with Gasteiger partial charge in [-0.3, -0.25) is 4.79 Å². The van der Waals surface area contributed by atoms with Crippen LogP contribution in [0.4, 0.5) is 24.5 Å². The molecule has 4 rings (SSSR count). The number of nitrogens with two attached hydrogens (primary N) is 1. The summed E-state index contributed by atoms with van der Waals surface area (Å²) in [6, 6.07) is 19.5. The van der Waals surface area contributed by atoms with Crippen molar-refractivity contribution >= 4 is 28.9 Å². The van der Waals surface area contributed by atoms with Crippen molar-refractivity contribution in [3.63, 3.8) is 0 Å². The summed E-state index contributed by atoms with van der Waals surface area (Å²) in [7, 11) is 0. The zero-order valence-electron chi connectivity index (χ0n) is 17.6. The van der Waals surface area contributed by atoms with Crippen LogP contribution in [0.5, 0.6) is 0 Å². The van der Waals surface area contributed by atoms with Crippen LogP contribution in [-0.4, -0.2) is 11.9 Å². The van der Waals surface area contributed by atoms with E-state index in [1.54, 1.807) is 29.2 Å². The fourth-order valence-corrected chi connectivity index (χ4v) is 3.58. The van der Waals surface area contributed by atoms with Gasteiger partial charge < -0.3 is 10.6 Å². The van der Waals surface area contributed by atoms with Gasteiger partial charge in [-0.1, -0.05) is 54.1 Å². The Labute approximate surface area is 185 Å². The number of benzene rings is 3. The van der Waals surface area contributed by atoms with Crippen molar-refractivity contribution in [3.05, 3.63) is 95.1 Å². The molecule has 2 N–H and O–H groups in total. The number of hydrogen-bond acceptors (Lipinski definition) is 2. The number of hydrogen-bond donors (Lipinski definition) is 1. The maximum Gasteiger partial charge on any atom is 0.416 e. The number of anilines is 2. The van der Waals surface area contributed by atoms with Crippen LogP contribution in [0.1, 0.15) is 35.1 Å². The Kier molecular flexibility index (Phi) is 5.78. The van der Waals surface area contributed by atoms with Crippen LogP contribution < -0.4 is 10.6 Å². The Balaban J connectivity index is 1.80. The van der Waals surface area contributed by atoms with Gasteiger partial charge in [0.25, 0.3) is 5.91 Å². The van der Waals surface area contributed by atoms with Gasteiger partial charge in [-0.2, -0.15) is 13.2 Å². The van der Waals surface area contributed by atoms with Crippen molar-refractivity contribution in [3.8, 4) is 0 Å². The molecule has 0 heterocycles. The van der Waals surface area contributed by atoms with Gasteiger partial charge in [-0.15, -0.1) is 0 Å². The number of nitrogen functional groups attached to an aromatic ring is 1. The fraction of sp³-hybridized carbons (Fsp3) is 0.192. The Morgan fingerprint density at radius 2 is 1.59 bits per heavy atom. The van der Waals surface area contributed by atoms with Gasteiger partial charge in [0.05, 0.1) is 16.9 Å². The highest BCUT2D eigenvalue weighted by molar-refractivity contribution is 6.30. The normalized spacial score (nSPS) is 14.3. The Morgan fingerprint density at radius 1 is 0.969 bits per heavy atom. The van der Waals surface area contributed by atoms with Crippen molar-refractivity contribution < 1.29 is 18.0 Å². The number of aryl methyl sites for hydroxylation is 1. The number of halogens is 3. The zero-order chi connectivity index (χ0) is 22.9. The number of para-hydroxylation sites is 2. The topological polar surface area (TPSA) is 46.3 Å². The molecule has 0 unspecified atom stereocenters. The van der Waals surface area contributed by atoms with E-state index in [-0.39, 0.29) is 11.9 Å². The minimum Gasteiger partial charge on any atom is -0.397 e. The van der Waals surface area contributed by atoms with Crippen LogP contribution >= 0.6 is 0 Å². The molecule has 0 radical (unpaired) electrons. The van der Waals surface area contributed by atoms with Gasteiger partial charge in [0.15, 0.2) is 0 Å². The highest BCUT2D eigenvalue weighted by atomic mass is 19.4. The first-order valence-corrected chi connectivity index (χ1v) is 10.4. The van der Waals surface area contributed by atoms with Crippen molar-refractivity contribution in [1.82, 2.24) is 0 Å². The predicted octanol–water partition coefficient (Wildman–Crippen LogP) is 6.33. The van der Waals surface area contributed by atoms with E-state index in [1.165, 1.54) is 12.1 Å². The molecule has 0 bridgehead atoms. The smallest absolute Gasteiger partial charge is 0.397 e. The predicted molar refractivity (Wildman–Crippen MR) is 122 cm³/mol. The van der Waals surface area contributed by atoms with E-state index in [4.69, 9.17) is 5.73 Å². The maximum absolute atomic E-state index is 13.8. The molecular formula is C26H23F3N2O. The van der Waals surface area contributed by atoms with Crippen LogP contribution in [0.3, 0.4) is 0 Å². The van der Waals surface area contributed by atoms with E-state index >= 15 is 0 Å². The summed E-state index contributed by atoms with van der Waals surface area (Å²) >= 11 is 0. The highest BCUT2D eigenvalue weighted by Gasteiger charge is 2.36. The largest absolute Gasteiger partial charge is 0.416 e. The third-order valence-electron chi connectivity index (χ3n) is 5.47. The molecule has 164 valence electrons. The van der Waals surface area contributed by atoms with Crippen molar-refractivity contribution in [2.75, 3.05) is 10.6 Å². The number of nitrogens with zero attached hydrogens (tertiary/aromatic N) is 1. The monoisotopic (exact) mass is 436 g/mol. The lowest BCUT2D eigenvalue weighted by Gasteiger charge is -2.25. The molecule has 1 aliphatic carbocycles. The fourth-order valence-electron chi connectivity index (χ4n) is 3.58. The molecule has 0 aromatic heterocycles. The molecule has 1 saturated carbocycles. The van der Waals surface area contributed by atoms with E-state index in [1.807, 2.05) is 37.3 Å². The number of alkyl halides is 3. The summed E-state index contributed by atoms with van der Waals surface area (Å²) in [5.74, 6) is -0.286. The van der Waals surface area contributed by atoms with Crippen molar-refractivity contribution in [2.45, 2.75) is 32.0 Å². The molecule has 3 aromatic rings. The minimum absolute atomic E-state index is 0.0167. The summed E-state index contributed by atoms with van der Waals surface area (Å²) < 4.78 is 39.2. The highest BCUT2D eigenvalue weighted by Crippen LogP contribution is 2.38. The van der Waals surface area contributed by atoms with Gasteiger partial charge in [0.2, 0.25) is 0 Å². The lowest BCUT2D eigenvalue weighted by molar-refractivity contribution is -0.137. The van der Waals surface area contributed by atoms with Gasteiger partial charge in [0.1, 0.15) is 0 Å². The summed E-state index contributed by atoms with van der Waals surface area (Å²) in [6.07, 6.45) is -1.02. The number of carbonyl (C=O) groups is 1. The molecule has 1 aliphatic rings. The first-order chi connectivity index (χ1) is 15.2. The van der Waals surface area contributed by atoms with E-state index in [0.717, 1.165) is 36.1 Å². The molecular weight excluding hydrogens is 413 g/mol. The minimum atomic E-state index is -4.44. The second kappa shape index (κ2) is 8.54. The summed E-state index contributed by atoms with van der Waals surface area (Å²) in [4.78, 5) is 15.5. The molecule has 3 nitrogen and oxygen atoms in total. The van der Waals surface area contributed by atoms with Crippen molar-refractivity contribution in [2.24, 2.45) is 0 Å². The average molecular weight is 436 g/mol. The Morgan fingerprint density at radius 3 is 2.16 bits per heavy atom. The summed E-state index contributed by atoms with van der Waals surface area (Å²) in [5.41, 5.74) is 9.10. The van der Waals surface area contributed by atoms with Gasteiger partial charge in [-0.25, -0.2) is 0 Å². The van der Waals surface area contributed by atoms with E-state index in [9.17, 15) is 18.0 Å². The number of carbonyl (C=O) groups excluding carboxylic acids is 1. The third kappa shape index (κ3) is 4.69. The number of rotatable bonds is 5. The Bertz CT molecular complexity index is 1140. The molecule has 32 heavy (non-hydrogen) atoms. The quantitative estimate of drug-likeness (QED) is 0.289. The molecule has 0 saturated heterocycles. The van der Waals surface area contributed by atoms with E-state index < -0.39 is 11.7 Å². The van der Waals surface area contributed by atoms with Gasteiger partial charge in [0, 0.05) is 11.6 Å². The van der Waals surface area contributed by atoms with Crippen LogP contribution in [0.15, 0.2) is 72.8 Å². The van der Waals surface area contributed by atoms with Gasteiger partial charge >= 0.3 is 6.18 Å². The zero-order valence-corrected chi connectivity index (χ0v) is 17.6. The van der Waals surface area contributed by atoms with Gasteiger partial charge in [-0.05, 0) is 61.2 Å². The average Bonchev–Trinajstić information content (AvgIpc) is 3.59. The summed E-state index contributed by atoms with van der Waals surface area (Å²) in [5, 5.41) is 0. The summed E-state index contributed by atoms with van der Waals surface area (Å²) in [6.45, 7) is 1.96. The number of amides is 1. The molecule has 1 fully saturated rings. The molecule has 6 heteroatoms. The van der Waals surface area contributed by atoms with E-state index in [2.05, 4.69) is 0 Å². The second-order valence-corrected chi connectivity index (χ2v) is 8.01. The standard InChI is InChI=1S/C26H23F3N2O/c1-17-6-8-18(9-7-17)16-22(19-10-12-20(13-11-19)26(27,28)29)25(32)31(21-14-15-21)24-5-3-2-4-23(24)30/h2-13,16,21H,14-15,30H2,1H3. The van der Waals surface area contributed by atoms with E-state index in [0.29, 0.717) is 22.5 Å². The molecule has 0 atom stereocenters. The Hall–Kier alpha value is -3.54. The maximum atomic E-state index is 13.8. The lowest BCUT2D eigenvalue weighted by Crippen LogP contribution is -2.34. The molecule has 0 aliphatic heterocycles. The second-order valence-electron chi connectivity index (χ2n) is 8.01. The van der Waals surface area contributed by atoms with Crippen molar-refractivity contribution in [1.29, 1.82) is 0 Å². The van der Waals surface area contributed by atoms with Crippen LogP contribution in [0.25, 0.3) is 11.6 Å². The third-order valence-corrected chi connectivity index (χ3v) is 5.47. The van der Waals surface area contributed by atoms with Crippen LogP contribution in [0, 0.1) is 6.92 Å². The SMILES string of the molecule is Cc1ccc(C=C(C(=O)N(c2ccccc2N)C2CC2)c2ccc(C(F)(F)F)cc2)cc1. The first kappa shape index (κ1) is 21.7. The lowest BCUT2D eigenvalue weighted by atomic mass is 9.99.